The van der Waals surface area contributed by atoms with Crippen LogP contribution in [0.1, 0.15) is 290 Å². The average molecular weight is 807 g/mol. The van der Waals surface area contributed by atoms with Gasteiger partial charge in [-0.25, -0.2) is 0 Å². The number of carbonyl (C=O) groups is 3. The molecule has 0 unspecified atom stereocenters. The molecule has 0 aliphatic carbocycles. The third-order valence-corrected chi connectivity index (χ3v) is 11.6. The first-order chi connectivity index (χ1) is 28.0. The van der Waals surface area contributed by atoms with Crippen molar-refractivity contribution in [1.29, 1.82) is 0 Å². The fourth-order valence-electron chi connectivity index (χ4n) is 7.74. The van der Waals surface area contributed by atoms with Gasteiger partial charge in [-0.3, -0.25) is 14.4 Å². The van der Waals surface area contributed by atoms with Gasteiger partial charge >= 0.3 is 17.9 Å². The Morgan fingerprint density at radius 1 is 0.281 bits per heavy atom. The Kier molecular flexibility index (Phi) is 45.8. The molecule has 0 rings (SSSR count). The molecule has 0 saturated heterocycles. The molecule has 0 aliphatic rings. The lowest BCUT2D eigenvalue weighted by molar-refractivity contribution is -0.167. The maximum absolute atomic E-state index is 12.8. The van der Waals surface area contributed by atoms with E-state index in [9.17, 15) is 14.4 Å². The summed E-state index contributed by atoms with van der Waals surface area (Å²) in [6.45, 7) is 6.67. The minimum absolute atomic E-state index is 0.0619. The Morgan fingerprint density at radius 3 is 0.702 bits per heavy atom. The van der Waals surface area contributed by atoms with E-state index in [0.717, 1.165) is 57.8 Å². The van der Waals surface area contributed by atoms with Gasteiger partial charge < -0.3 is 14.2 Å². The first-order valence-corrected chi connectivity index (χ1v) is 25.5. The summed E-state index contributed by atoms with van der Waals surface area (Å²) in [5.74, 6) is -0.843. The Labute approximate surface area is 355 Å². The standard InChI is InChI=1S/C51H98O6/c1-4-7-10-13-16-19-22-24-26-28-30-33-36-39-42-45-51(54)57-48(46-55-49(52)43-40-37-34-31-21-18-15-12-9-6-3)47-56-50(53)44-41-38-35-32-29-27-25-23-20-17-14-11-8-5-2/h48H,4-47H2,1-3H3/t48-/m1/s1. The summed E-state index contributed by atoms with van der Waals surface area (Å²) in [5, 5.41) is 0. The molecule has 0 heterocycles. The average Bonchev–Trinajstić information content (AvgIpc) is 3.21. The van der Waals surface area contributed by atoms with E-state index in [1.807, 2.05) is 0 Å². The van der Waals surface area contributed by atoms with E-state index in [0.29, 0.717) is 19.3 Å². The maximum atomic E-state index is 12.8. The molecule has 1 atom stereocenters. The summed E-state index contributed by atoms with van der Waals surface area (Å²) in [4.78, 5) is 37.9. The first kappa shape index (κ1) is 55.4. The van der Waals surface area contributed by atoms with Crippen LogP contribution in [0, 0.1) is 0 Å². The van der Waals surface area contributed by atoms with Gasteiger partial charge in [-0.2, -0.15) is 0 Å². The fraction of sp³-hybridized carbons (Fsp3) is 0.941. The largest absolute Gasteiger partial charge is 0.462 e. The monoisotopic (exact) mass is 807 g/mol. The number of ether oxygens (including phenoxy) is 3. The van der Waals surface area contributed by atoms with E-state index in [-0.39, 0.29) is 31.1 Å². The molecule has 0 radical (unpaired) electrons. The van der Waals surface area contributed by atoms with Crippen LogP contribution in [-0.4, -0.2) is 37.2 Å². The van der Waals surface area contributed by atoms with E-state index < -0.39 is 6.10 Å². The maximum Gasteiger partial charge on any atom is 0.306 e. The van der Waals surface area contributed by atoms with Crippen LogP contribution in [0.4, 0.5) is 0 Å². The number of unbranched alkanes of at least 4 members (excludes halogenated alkanes) is 36. The van der Waals surface area contributed by atoms with E-state index in [1.54, 1.807) is 0 Å². The molecule has 0 fully saturated rings. The van der Waals surface area contributed by atoms with Crippen LogP contribution >= 0.6 is 0 Å². The van der Waals surface area contributed by atoms with Crippen molar-refractivity contribution in [3.63, 3.8) is 0 Å². The molecule has 0 amide bonds. The highest BCUT2D eigenvalue weighted by atomic mass is 16.6. The van der Waals surface area contributed by atoms with Gasteiger partial charge in [0.15, 0.2) is 6.10 Å². The third kappa shape index (κ3) is 45.3. The zero-order valence-electron chi connectivity index (χ0n) is 38.6. The van der Waals surface area contributed by atoms with Crippen molar-refractivity contribution in [3.05, 3.63) is 0 Å². The van der Waals surface area contributed by atoms with Gasteiger partial charge in [0, 0.05) is 19.3 Å². The topological polar surface area (TPSA) is 78.9 Å². The Bertz CT molecular complexity index is 844. The third-order valence-electron chi connectivity index (χ3n) is 11.6. The molecular weight excluding hydrogens is 709 g/mol. The number of hydrogen-bond acceptors (Lipinski definition) is 6. The van der Waals surface area contributed by atoms with Crippen molar-refractivity contribution in [2.75, 3.05) is 13.2 Å². The van der Waals surface area contributed by atoms with Crippen molar-refractivity contribution < 1.29 is 28.6 Å². The van der Waals surface area contributed by atoms with Crippen LogP contribution < -0.4 is 0 Å². The second-order valence-corrected chi connectivity index (χ2v) is 17.5. The molecule has 0 aliphatic heterocycles. The van der Waals surface area contributed by atoms with Crippen molar-refractivity contribution in [2.45, 2.75) is 297 Å². The number of rotatable bonds is 47. The predicted molar refractivity (Wildman–Crippen MR) is 243 cm³/mol. The molecule has 6 heteroatoms. The molecule has 6 nitrogen and oxygen atoms in total. The zero-order valence-corrected chi connectivity index (χ0v) is 38.6. The molecular formula is C51H98O6. The van der Waals surface area contributed by atoms with Gasteiger partial charge in [0.2, 0.25) is 0 Å². The van der Waals surface area contributed by atoms with Gasteiger partial charge in [0.25, 0.3) is 0 Å². The smallest absolute Gasteiger partial charge is 0.306 e. The fourth-order valence-corrected chi connectivity index (χ4v) is 7.74. The minimum Gasteiger partial charge on any atom is -0.462 e. The van der Waals surface area contributed by atoms with Crippen LogP contribution in [0.2, 0.25) is 0 Å². The second-order valence-electron chi connectivity index (χ2n) is 17.5. The van der Waals surface area contributed by atoms with Crippen LogP contribution in [0.15, 0.2) is 0 Å². The van der Waals surface area contributed by atoms with Crippen molar-refractivity contribution in [2.24, 2.45) is 0 Å². The summed E-state index contributed by atoms with van der Waals surface area (Å²) >= 11 is 0. The highest BCUT2D eigenvalue weighted by Gasteiger charge is 2.19. The SMILES string of the molecule is CCCCCCCCCCCCCCCCCC(=O)O[C@H](COC(=O)CCCCCCCCCCCC)COC(=O)CCCCCCCCCCCCCCCC. The van der Waals surface area contributed by atoms with E-state index >= 15 is 0 Å². The number of esters is 3. The molecule has 0 spiro atoms. The van der Waals surface area contributed by atoms with E-state index in [2.05, 4.69) is 20.8 Å². The summed E-state index contributed by atoms with van der Waals surface area (Å²) < 4.78 is 16.8. The van der Waals surface area contributed by atoms with Crippen molar-refractivity contribution in [3.8, 4) is 0 Å². The van der Waals surface area contributed by atoms with Crippen molar-refractivity contribution >= 4 is 17.9 Å². The molecule has 338 valence electrons. The quantitative estimate of drug-likeness (QED) is 0.0346. The van der Waals surface area contributed by atoms with Crippen molar-refractivity contribution in [1.82, 2.24) is 0 Å². The number of hydrogen-bond donors (Lipinski definition) is 0. The Hall–Kier alpha value is -1.59. The summed E-state index contributed by atoms with van der Waals surface area (Å²) in [6.07, 6.45) is 49.4. The highest BCUT2D eigenvalue weighted by molar-refractivity contribution is 5.71. The number of carbonyl (C=O) groups excluding carboxylic acids is 3. The van der Waals surface area contributed by atoms with Crippen LogP contribution in [0.25, 0.3) is 0 Å². The van der Waals surface area contributed by atoms with Crippen LogP contribution in [-0.2, 0) is 28.6 Å². The molecule has 0 aromatic rings. The lowest BCUT2D eigenvalue weighted by Crippen LogP contribution is -2.30. The minimum atomic E-state index is -0.759. The molecule has 0 saturated carbocycles. The summed E-state index contributed by atoms with van der Waals surface area (Å²) in [7, 11) is 0. The van der Waals surface area contributed by atoms with Gasteiger partial charge in [0.1, 0.15) is 13.2 Å². The van der Waals surface area contributed by atoms with E-state index in [4.69, 9.17) is 14.2 Å². The van der Waals surface area contributed by atoms with Crippen LogP contribution in [0.5, 0.6) is 0 Å². The summed E-state index contributed by atoms with van der Waals surface area (Å²) in [6, 6.07) is 0. The van der Waals surface area contributed by atoms with Gasteiger partial charge in [-0.15, -0.1) is 0 Å². The molecule has 57 heavy (non-hydrogen) atoms. The lowest BCUT2D eigenvalue weighted by atomic mass is 10.0. The molecule has 0 bridgehead atoms. The summed E-state index contributed by atoms with van der Waals surface area (Å²) in [5.41, 5.74) is 0. The Balaban J connectivity index is 4.29. The predicted octanol–water partition coefficient (Wildman–Crippen LogP) is 16.4. The molecule has 0 N–H and O–H groups in total. The molecule has 0 aromatic carbocycles. The molecule has 0 aromatic heterocycles. The van der Waals surface area contributed by atoms with Gasteiger partial charge in [0.05, 0.1) is 0 Å². The first-order valence-electron chi connectivity index (χ1n) is 25.5. The lowest BCUT2D eigenvalue weighted by Gasteiger charge is -2.18. The zero-order chi connectivity index (χ0) is 41.5. The van der Waals surface area contributed by atoms with Gasteiger partial charge in [-0.05, 0) is 19.3 Å². The van der Waals surface area contributed by atoms with Crippen LogP contribution in [0.3, 0.4) is 0 Å². The second kappa shape index (κ2) is 47.1. The Morgan fingerprint density at radius 2 is 0.474 bits per heavy atom. The van der Waals surface area contributed by atoms with Gasteiger partial charge in [-0.1, -0.05) is 252 Å². The normalized spacial score (nSPS) is 11.8. The van der Waals surface area contributed by atoms with E-state index in [1.165, 1.54) is 193 Å². The highest BCUT2D eigenvalue weighted by Crippen LogP contribution is 2.17.